The van der Waals surface area contributed by atoms with Gasteiger partial charge in [0.05, 0.1) is 17.6 Å². The summed E-state index contributed by atoms with van der Waals surface area (Å²) in [6.45, 7) is 3.60. The number of hydrogen-bond donors (Lipinski definition) is 2. The van der Waals surface area contributed by atoms with E-state index in [1.54, 1.807) is 13.8 Å². The fourth-order valence-corrected chi connectivity index (χ4v) is 6.69. The number of fused-ring (bicyclic) bond motifs is 1. The zero-order chi connectivity index (χ0) is 31.8. The third kappa shape index (κ3) is 6.86. The topological polar surface area (TPSA) is 122 Å². The first-order valence-corrected chi connectivity index (χ1v) is 15.9. The van der Waals surface area contributed by atoms with Gasteiger partial charge in [-0.2, -0.15) is 4.98 Å². The fraction of sp³-hybridized carbons (Fsp3) is 0.400. The van der Waals surface area contributed by atoms with Crippen molar-refractivity contribution in [3.63, 3.8) is 0 Å². The monoisotopic (exact) mass is 629 g/mol. The minimum Gasteiger partial charge on any atom is -0.351 e. The second-order valence-corrected chi connectivity index (χ2v) is 13.2. The fourth-order valence-electron chi connectivity index (χ4n) is 5.48. The number of hydrogen-bond acceptors (Lipinski definition) is 8. The molecule has 4 aromatic rings. The van der Waals surface area contributed by atoms with Gasteiger partial charge in [-0.1, -0.05) is 18.2 Å². The number of nitrogens with zero attached hydrogens (tertiary/aromatic N) is 5. The van der Waals surface area contributed by atoms with E-state index in [9.17, 15) is 22.0 Å². The maximum atomic E-state index is 15.2. The lowest BCUT2D eigenvalue weighted by Crippen LogP contribution is -2.44. The summed E-state index contributed by atoms with van der Waals surface area (Å²) in [5.74, 6) is -1.64. The molecular formula is C30H34F3N7O3S. The van der Waals surface area contributed by atoms with Gasteiger partial charge in [-0.25, -0.2) is 31.6 Å². The molecule has 10 nitrogen and oxygen atoms in total. The van der Waals surface area contributed by atoms with Crippen molar-refractivity contribution in [3.8, 4) is 11.3 Å². The molecular weight excluding hydrogens is 595 g/mol. The van der Waals surface area contributed by atoms with Crippen molar-refractivity contribution in [2.75, 3.05) is 24.1 Å². The molecule has 1 aliphatic carbocycles. The van der Waals surface area contributed by atoms with E-state index in [0.717, 1.165) is 24.6 Å². The Labute approximate surface area is 253 Å². The van der Waals surface area contributed by atoms with Gasteiger partial charge in [-0.05, 0) is 70.6 Å². The molecule has 0 saturated heterocycles. The highest BCUT2D eigenvalue weighted by Gasteiger charge is 2.32. The molecule has 14 heteroatoms. The number of sulfonamides is 1. The molecule has 1 fully saturated rings. The highest BCUT2D eigenvalue weighted by Crippen LogP contribution is 2.28. The SMILES string of the molecule is CC(C)n1c(=O)c(-c2ccc(NS(=O)(=O)Cc3ccc(F)cc3)c(F)c2)nc2cnc(NC3CCC(N(C)C)C(F)C3)nc21. The summed E-state index contributed by atoms with van der Waals surface area (Å²) in [7, 11) is -0.285. The molecule has 0 radical (unpaired) electrons. The quantitative estimate of drug-likeness (QED) is 0.269. The van der Waals surface area contributed by atoms with Gasteiger partial charge in [0.25, 0.3) is 5.56 Å². The number of rotatable bonds is 9. The average molecular weight is 630 g/mol. The molecule has 1 saturated carbocycles. The lowest BCUT2D eigenvalue weighted by Gasteiger charge is -2.35. The van der Waals surface area contributed by atoms with Crippen LogP contribution in [-0.4, -0.2) is 65.2 Å². The Bertz CT molecular complexity index is 1830. The maximum Gasteiger partial charge on any atom is 0.278 e. The summed E-state index contributed by atoms with van der Waals surface area (Å²) in [5, 5.41) is 3.20. The van der Waals surface area contributed by atoms with Gasteiger partial charge in [0.2, 0.25) is 16.0 Å². The predicted octanol–water partition coefficient (Wildman–Crippen LogP) is 4.89. The molecule has 0 spiro atoms. The van der Waals surface area contributed by atoms with E-state index in [1.807, 2.05) is 19.0 Å². The Morgan fingerprint density at radius 1 is 1.07 bits per heavy atom. The van der Waals surface area contributed by atoms with Gasteiger partial charge in [-0.15, -0.1) is 0 Å². The highest BCUT2D eigenvalue weighted by molar-refractivity contribution is 7.91. The van der Waals surface area contributed by atoms with Crippen molar-refractivity contribution in [2.24, 2.45) is 0 Å². The number of benzene rings is 2. The molecule has 0 aliphatic heterocycles. The average Bonchev–Trinajstić information content (AvgIpc) is 2.94. The molecule has 1 aliphatic rings. The number of anilines is 2. The third-order valence-electron chi connectivity index (χ3n) is 7.66. The number of aromatic nitrogens is 4. The Kier molecular flexibility index (Phi) is 8.93. The largest absolute Gasteiger partial charge is 0.351 e. The molecule has 0 bridgehead atoms. The van der Waals surface area contributed by atoms with Crippen LogP contribution in [0.15, 0.2) is 53.5 Å². The number of halogens is 3. The van der Waals surface area contributed by atoms with Gasteiger partial charge in [0.1, 0.15) is 29.0 Å². The zero-order valence-corrected chi connectivity index (χ0v) is 25.6. The van der Waals surface area contributed by atoms with Crippen molar-refractivity contribution < 1.29 is 21.6 Å². The normalized spacial score (nSPS) is 19.1. The highest BCUT2D eigenvalue weighted by atomic mass is 32.2. The minimum absolute atomic E-state index is 0.0580. The van der Waals surface area contributed by atoms with Crippen LogP contribution in [0.4, 0.5) is 24.8 Å². The molecule has 234 valence electrons. The lowest BCUT2D eigenvalue weighted by atomic mass is 9.89. The maximum absolute atomic E-state index is 15.2. The third-order valence-corrected chi connectivity index (χ3v) is 8.91. The summed E-state index contributed by atoms with van der Waals surface area (Å²) in [5.41, 5.74) is 0.149. The molecule has 2 aromatic heterocycles. The van der Waals surface area contributed by atoms with Crippen LogP contribution < -0.4 is 15.6 Å². The van der Waals surface area contributed by atoms with Gasteiger partial charge in [-0.3, -0.25) is 14.1 Å². The van der Waals surface area contributed by atoms with Gasteiger partial charge >= 0.3 is 0 Å². The van der Waals surface area contributed by atoms with Crippen molar-refractivity contribution >= 4 is 32.8 Å². The van der Waals surface area contributed by atoms with Crippen LogP contribution in [0.2, 0.25) is 0 Å². The molecule has 0 amide bonds. The summed E-state index contributed by atoms with van der Waals surface area (Å²) in [4.78, 5) is 28.9. The molecule has 3 unspecified atom stereocenters. The zero-order valence-electron chi connectivity index (χ0n) is 24.8. The van der Waals surface area contributed by atoms with Crippen LogP contribution in [0.5, 0.6) is 0 Å². The van der Waals surface area contributed by atoms with Crippen molar-refractivity contribution in [3.05, 3.63) is 76.2 Å². The molecule has 5 rings (SSSR count). The van der Waals surface area contributed by atoms with Crippen molar-refractivity contribution in [2.45, 2.75) is 63.2 Å². The van der Waals surface area contributed by atoms with Crippen LogP contribution in [0, 0.1) is 11.6 Å². The summed E-state index contributed by atoms with van der Waals surface area (Å²) in [6.07, 6.45) is 2.20. The van der Waals surface area contributed by atoms with Gasteiger partial charge < -0.3 is 10.2 Å². The molecule has 2 aromatic carbocycles. The first-order chi connectivity index (χ1) is 20.8. The van der Waals surface area contributed by atoms with E-state index in [2.05, 4.69) is 25.0 Å². The summed E-state index contributed by atoms with van der Waals surface area (Å²) in [6, 6.07) is 7.93. The summed E-state index contributed by atoms with van der Waals surface area (Å²) >= 11 is 0. The minimum atomic E-state index is -4.02. The Morgan fingerprint density at radius 3 is 2.43 bits per heavy atom. The van der Waals surface area contributed by atoms with Crippen molar-refractivity contribution in [1.82, 2.24) is 24.4 Å². The van der Waals surface area contributed by atoms with E-state index in [-0.39, 0.29) is 46.7 Å². The van der Waals surface area contributed by atoms with Crippen LogP contribution in [-0.2, 0) is 15.8 Å². The Morgan fingerprint density at radius 2 is 1.80 bits per heavy atom. The standard InChI is InChI=1S/C30H34F3N7O3S/c1-17(2)40-28-25(15-34-30(37-28)35-21-10-12-26(39(3)4)23(33)14-21)36-27(29(40)41)19-7-11-24(22(32)13-19)38-44(42,43)16-18-5-8-20(31)9-6-18/h5-9,11,13,15,17,21,23,26,38H,10,12,14,16H2,1-4H3,(H,34,35,37). The molecule has 3 atom stereocenters. The number of nitrogens with one attached hydrogen (secondary N) is 2. The van der Waals surface area contributed by atoms with Crippen LogP contribution in [0.25, 0.3) is 22.4 Å². The predicted molar refractivity (Wildman–Crippen MR) is 164 cm³/mol. The molecule has 2 N–H and O–H groups in total. The molecule has 2 heterocycles. The lowest BCUT2D eigenvalue weighted by molar-refractivity contribution is 0.109. The Balaban J connectivity index is 1.40. The van der Waals surface area contributed by atoms with E-state index < -0.39 is 39.1 Å². The first-order valence-electron chi connectivity index (χ1n) is 14.2. The first kappa shape index (κ1) is 31.4. The Hall–Kier alpha value is -4.04. The van der Waals surface area contributed by atoms with Crippen LogP contribution >= 0.6 is 0 Å². The van der Waals surface area contributed by atoms with Gasteiger partial charge in [0.15, 0.2) is 5.65 Å². The number of alkyl halides is 1. The van der Waals surface area contributed by atoms with E-state index in [1.165, 1.54) is 35.0 Å². The van der Waals surface area contributed by atoms with Crippen LogP contribution in [0.1, 0.15) is 44.7 Å². The second kappa shape index (κ2) is 12.5. The van der Waals surface area contributed by atoms with Crippen LogP contribution in [0.3, 0.4) is 0 Å². The second-order valence-electron chi connectivity index (χ2n) is 11.5. The molecule has 44 heavy (non-hydrogen) atoms. The van der Waals surface area contributed by atoms with Gasteiger partial charge in [0, 0.05) is 30.1 Å². The van der Waals surface area contributed by atoms with E-state index in [0.29, 0.717) is 23.9 Å². The summed E-state index contributed by atoms with van der Waals surface area (Å²) < 4.78 is 71.9. The van der Waals surface area contributed by atoms with E-state index >= 15 is 4.39 Å². The smallest absolute Gasteiger partial charge is 0.278 e. The van der Waals surface area contributed by atoms with Crippen molar-refractivity contribution in [1.29, 1.82) is 0 Å². The van der Waals surface area contributed by atoms with E-state index in [4.69, 9.17) is 0 Å².